The molecule has 0 spiro atoms. The molecule has 2 rings (SSSR count). The molecule has 0 aliphatic heterocycles. The van der Waals surface area contributed by atoms with Crippen molar-refractivity contribution in [3.05, 3.63) is 59.4 Å². The average Bonchev–Trinajstić information content (AvgIpc) is 2.40. The first-order valence-corrected chi connectivity index (χ1v) is 6.76. The molecule has 1 unspecified atom stereocenters. The van der Waals surface area contributed by atoms with Gasteiger partial charge in [-0.25, -0.2) is 4.39 Å². The van der Waals surface area contributed by atoms with Gasteiger partial charge in [0.25, 0.3) is 0 Å². The summed E-state index contributed by atoms with van der Waals surface area (Å²) in [5.41, 5.74) is 9.62. The Labute approximate surface area is 114 Å². The normalized spacial score (nSPS) is 12.4. The van der Waals surface area contributed by atoms with E-state index >= 15 is 0 Å². The van der Waals surface area contributed by atoms with Crippen molar-refractivity contribution in [2.24, 2.45) is 5.73 Å². The van der Waals surface area contributed by atoms with Crippen LogP contribution in [0.4, 0.5) is 4.39 Å². The van der Waals surface area contributed by atoms with E-state index in [0.29, 0.717) is 5.56 Å². The number of hydrogen-bond acceptors (Lipinski definition) is 1. The van der Waals surface area contributed by atoms with E-state index in [2.05, 4.69) is 19.1 Å². The van der Waals surface area contributed by atoms with E-state index in [4.69, 9.17) is 5.73 Å². The molecule has 2 aromatic rings. The molecule has 0 aromatic heterocycles. The molecule has 0 aliphatic rings. The van der Waals surface area contributed by atoms with Crippen LogP contribution in [0.1, 0.15) is 37.4 Å². The summed E-state index contributed by atoms with van der Waals surface area (Å²) in [7, 11) is 0. The molecule has 0 amide bonds. The standard InChI is InChI=1S/C17H20FN/c1-3-4-13-5-7-14(8-6-13)16-11-15(12(2)19)9-10-17(16)18/h5-12H,3-4,19H2,1-2H3. The third-order valence-corrected chi connectivity index (χ3v) is 3.32. The molecular weight excluding hydrogens is 237 g/mol. The highest BCUT2D eigenvalue weighted by molar-refractivity contribution is 5.65. The Kier molecular flexibility index (Phi) is 4.33. The Morgan fingerprint density at radius 2 is 1.79 bits per heavy atom. The van der Waals surface area contributed by atoms with Crippen molar-refractivity contribution in [2.45, 2.75) is 32.7 Å². The highest BCUT2D eigenvalue weighted by atomic mass is 19.1. The Balaban J connectivity index is 2.37. The van der Waals surface area contributed by atoms with Crippen LogP contribution in [0.2, 0.25) is 0 Å². The molecule has 0 saturated heterocycles. The van der Waals surface area contributed by atoms with E-state index in [-0.39, 0.29) is 11.9 Å². The van der Waals surface area contributed by atoms with Crippen LogP contribution in [-0.4, -0.2) is 0 Å². The SMILES string of the molecule is CCCc1ccc(-c2cc(C(C)N)ccc2F)cc1. The number of halogens is 1. The van der Waals surface area contributed by atoms with E-state index in [0.717, 1.165) is 24.0 Å². The molecule has 1 nitrogen and oxygen atoms in total. The summed E-state index contributed by atoms with van der Waals surface area (Å²) in [6.45, 7) is 4.06. The Morgan fingerprint density at radius 3 is 2.37 bits per heavy atom. The summed E-state index contributed by atoms with van der Waals surface area (Å²) in [5.74, 6) is -0.201. The van der Waals surface area contributed by atoms with Gasteiger partial charge in [-0.15, -0.1) is 0 Å². The van der Waals surface area contributed by atoms with Crippen molar-refractivity contribution in [1.29, 1.82) is 0 Å². The molecule has 0 saturated carbocycles. The molecule has 0 bridgehead atoms. The molecular formula is C17H20FN. The van der Waals surface area contributed by atoms with Crippen molar-refractivity contribution in [1.82, 2.24) is 0 Å². The summed E-state index contributed by atoms with van der Waals surface area (Å²) in [6, 6.07) is 13.1. The smallest absolute Gasteiger partial charge is 0.131 e. The highest BCUT2D eigenvalue weighted by Crippen LogP contribution is 2.26. The van der Waals surface area contributed by atoms with Gasteiger partial charge in [0.05, 0.1) is 0 Å². The van der Waals surface area contributed by atoms with Crippen LogP contribution in [0, 0.1) is 5.82 Å². The van der Waals surface area contributed by atoms with Crippen molar-refractivity contribution >= 4 is 0 Å². The Bertz CT molecular complexity index is 544. The van der Waals surface area contributed by atoms with Crippen LogP contribution in [-0.2, 0) is 6.42 Å². The quantitative estimate of drug-likeness (QED) is 0.859. The first kappa shape index (κ1) is 13.8. The molecule has 0 heterocycles. The maximum absolute atomic E-state index is 13.9. The lowest BCUT2D eigenvalue weighted by atomic mass is 9.98. The van der Waals surface area contributed by atoms with Crippen molar-refractivity contribution in [3.63, 3.8) is 0 Å². The minimum atomic E-state index is -0.201. The zero-order valence-electron chi connectivity index (χ0n) is 11.5. The predicted octanol–water partition coefficient (Wildman–Crippen LogP) is 4.46. The molecule has 0 aliphatic carbocycles. The van der Waals surface area contributed by atoms with Crippen LogP contribution >= 0.6 is 0 Å². The third-order valence-electron chi connectivity index (χ3n) is 3.32. The minimum Gasteiger partial charge on any atom is -0.324 e. The zero-order chi connectivity index (χ0) is 13.8. The van der Waals surface area contributed by atoms with Crippen molar-refractivity contribution in [3.8, 4) is 11.1 Å². The van der Waals surface area contributed by atoms with Gasteiger partial charge in [-0.2, -0.15) is 0 Å². The van der Waals surface area contributed by atoms with E-state index in [1.165, 1.54) is 11.6 Å². The van der Waals surface area contributed by atoms with Gasteiger partial charge in [0.15, 0.2) is 0 Å². The second kappa shape index (κ2) is 5.98. The molecule has 2 aromatic carbocycles. The predicted molar refractivity (Wildman–Crippen MR) is 78.4 cm³/mol. The van der Waals surface area contributed by atoms with Gasteiger partial charge >= 0.3 is 0 Å². The lowest BCUT2D eigenvalue weighted by Gasteiger charge is -2.10. The van der Waals surface area contributed by atoms with Crippen LogP contribution in [0.15, 0.2) is 42.5 Å². The van der Waals surface area contributed by atoms with Crippen LogP contribution < -0.4 is 5.73 Å². The summed E-state index contributed by atoms with van der Waals surface area (Å²) in [6.07, 6.45) is 2.18. The number of nitrogens with two attached hydrogens (primary N) is 1. The van der Waals surface area contributed by atoms with E-state index in [1.807, 2.05) is 25.1 Å². The van der Waals surface area contributed by atoms with Crippen molar-refractivity contribution in [2.75, 3.05) is 0 Å². The molecule has 0 radical (unpaired) electrons. The largest absolute Gasteiger partial charge is 0.324 e. The number of rotatable bonds is 4. The van der Waals surface area contributed by atoms with Crippen molar-refractivity contribution < 1.29 is 4.39 Å². The average molecular weight is 257 g/mol. The molecule has 19 heavy (non-hydrogen) atoms. The maximum atomic E-state index is 13.9. The first-order chi connectivity index (χ1) is 9.11. The van der Waals surface area contributed by atoms with Crippen LogP contribution in [0.3, 0.4) is 0 Å². The maximum Gasteiger partial charge on any atom is 0.131 e. The van der Waals surface area contributed by atoms with Gasteiger partial charge in [0.2, 0.25) is 0 Å². The fraction of sp³-hybridized carbons (Fsp3) is 0.294. The van der Waals surface area contributed by atoms with Crippen LogP contribution in [0.5, 0.6) is 0 Å². The van der Waals surface area contributed by atoms with Crippen LogP contribution in [0.25, 0.3) is 11.1 Å². The Hall–Kier alpha value is -1.67. The molecule has 100 valence electrons. The Morgan fingerprint density at radius 1 is 1.11 bits per heavy atom. The van der Waals surface area contributed by atoms with Gasteiger partial charge in [-0.05, 0) is 42.2 Å². The van der Waals surface area contributed by atoms with Gasteiger partial charge in [0.1, 0.15) is 5.82 Å². The topological polar surface area (TPSA) is 26.0 Å². The van der Waals surface area contributed by atoms with Gasteiger partial charge in [-0.3, -0.25) is 0 Å². The molecule has 0 fully saturated rings. The zero-order valence-corrected chi connectivity index (χ0v) is 11.5. The number of hydrogen-bond donors (Lipinski definition) is 1. The molecule has 1 atom stereocenters. The minimum absolute atomic E-state index is 0.0845. The van der Waals surface area contributed by atoms with E-state index < -0.39 is 0 Å². The monoisotopic (exact) mass is 257 g/mol. The first-order valence-electron chi connectivity index (χ1n) is 6.76. The lowest BCUT2D eigenvalue weighted by molar-refractivity contribution is 0.629. The summed E-state index contributed by atoms with van der Waals surface area (Å²) >= 11 is 0. The summed E-state index contributed by atoms with van der Waals surface area (Å²) < 4.78 is 13.9. The van der Waals surface area contributed by atoms with Gasteiger partial charge in [0, 0.05) is 11.6 Å². The number of benzene rings is 2. The molecule has 2 N–H and O–H groups in total. The fourth-order valence-electron chi connectivity index (χ4n) is 2.19. The van der Waals surface area contributed by atoms with E-state index in [9.17, 15) is 4.39 Å². The highest BCUT2D eigenvalue weighted by Gasteiger charge is 2.08. The summed E-state index contributed by atoms with van der Waals surface area (Å²) in [5, 5.41) is 0. The second-order valence-corrected chi connectivity index (χ2v) is 4.97. The van der Waals surface area contributed by atoms with Gasteiger partial charge < -0.3 is 5.73 Å². The lowest BCUT2D eigenvalue weighted by Crippen LogP contribution is -2.05. The van der Waals surface area contributed by atoms with Gasteiger partial charge in [-0.1, -0.05) is 43.7 Å². The third kappa shape index (κ3) is 3.21. The fourth-order valence-corrected chi connectivity index (χ4v) is 2.19. The van der Waals surface area contributed by atoms with E-state index in [1.54, 1.807) is 6.07 Å². The summed E-state index contributed by atoms with van der Waals surface area (Å²) in [4.78, 5) is 0. The number of aryl methyl sites for hydroxylation is 1. The molecule has 2 heteroatoms. The second-order valence-electron chi connectivity index (χ2n) is 4.97.